The van der Waals surface area contributed by atoms with Crippen LogP contribution < -0.4 is 10.6 Å². The zero-order chi connectivity index (χ0) is 23.5. The average Bonchev–Trinajstić information content (AvgIpc) is 3.05. The molecule has 0 unspecified atom stereocenters. The van der Waals surface area contributed by atoms with E-state index in [0.29, 0.717) is 0 Å². The van der Waals surface area contributed by atoms with Crippen LogP contribution in [-0.2, 0) is 14.3 Å². The van der Waals surface area contributed by atoms with Crippen molar-refractivity contribution in [3.8, 4) is 11.1 Å². The van der Waals surface area contributed by atoms with Crippen molar-refractivity contribution in [2.24, 2.45) is 0 Å². The van der Waals surface area contributed by atoms with E-state index < -0.39 is 29.6 Å². The number of benzene rings is 2. The largest absolute Gasteiger partial charge is 0.480 e. The van der Waals surface area contributed by atoms with Gasteiger partial charge in [-0.2, -0.15) is 0 Å². The fourth-order valence-corrected chi connectivity index (χ4v) is 3.79. The van der Waals surface area contributed by atoms with Gasteiger partial charge >= 0.3 is 12.1 Å². The van der Waals surface area contributed by atoms with Gasteiger partial charge in [0.1, 0.15) is 18.2 Å². The normalized spacial score (nSPS) is 13.8. The molecule has 0 aromatic heterocycles. The second kappa shape index (κ2) is 9.40. The van der Waals surface area contributed by atoms with Gasteiger partial charge in [-0.15, -0.1) is 0 Å². The predicted molar refractivity (Wildman–Crippen MR) is 120 cm³/mol. The van der Waals surface area contributed by atoms with Gasteiger partial charge in [0.25, 0.3) is 0 Å². The minimum atomic E-state index is -1.47. The summed E-state index contributed by atoms with van der Waals surface area (Å²) in [4.78, 5) is 38.3. The minimum Gasteiger partial charge on any atom is -0.480 e. The van der Waals surface area contributed by atoms with Crippen LogP contribution in [0.15, 0.2) is 48.5 Å². The summed E-state index contributed by atoms with van der Waals surface area (Å²) in [6, 6.07) is 15.1. The van der Waals surface area contributed by atoms with Crippen molar-refractivity contribution < 1.29 is 24.2 Å². The number of nitrogens with zero attached hydrogens (tertiary/aromatic N) is 1. The van der Waals surface area contributed by atoms with Crippen molar-refractivity contribution >= 4 is 18.0 Å². The van der Waals surface area contributed by atoms with Gasteiger partial charge in [0.2, 0.25) is 5.91 Å². The van der Waals surface area contributed by atoms with E-state index in [4.69, 9.17) is 4.74 Å². The molecule has 0 saturated heterocycles. The maximum absolute atomic E-state index is 12.7. The molecular formula is C24H29N3O5. The number of hydrogen-bond donors (Lipinski definition) is 3. The van der Waals surface area contributed by atoms with Gasteiger partial charge < -0.3 is 25.4 Å². The molecule has 0 bridgehead atoms. The number of fused-ring (bicyclic) bond motifs is 3. The Morgan fingerprint density at radius 1 is 1.03 bits per heavy atom. The summed E-state index contributed by atoms with van der Waals surface area (Å²) in [5, 5.41) is 14.3. The molecule has 0 spiro atoms. The van der Waals surface area contributed by atoms with Gasteiger partial charge in [0.15, 0.2) is 0 Å². The average molecular weight is 440 g/mol. The Morgan fingerprint density at radius 2 is 1.56 bits per heavy atom. The molecule has 1 aliphatic carbocycles. The fourth-order valence-electron chi connectivity index (χ4n) is 3.79. The third-order valence-corrected chi connectivity index (χ3v) is 5.47. The van der Waals surface area contributed by atoms with Crippen LogP contribution in [0.2, 0.25) is 0 Å². The lowest BCUT2D eigenvalue weighted by atomic mass is 9.98. The smallest absolute Gasteiger partial charge is 0.407 e. The third kappa shape index (κ3) is 5.08. The first-order chi connectivity index (χ1) is 15.1. The molecule has 2 aromatic rings. The lowest BCUT2D eigenvalue weighted by molar-refractivity contribution is -0.146. The molecule has 2 amide bonds. The van der Waals surface area contributed by atoms with Gasteiger partial charge in [-0.1, -0.05) is 48.5 Å². The van der Waals surface area contributed by atoms with Crippen LogP contribution in [0.25, 0.3) is 11.1 Å². The summed E-state index contributed by atoms with van der Waals surface area (Å²) >= 11 is 0. The first-order valence-corrected chi connectivity index (χ1v) is 10.4. The first kappa shape index (κ1) is 23.3. The summed E-state index contributed by atoms with van der Waals surface area (Å²) in [6.07, 6.45) is -0.734. The molecule has 2 aromatic carbocycles. The number of likely N-dealkylation sites (N-methyl/N-ethyl adjacent to an activating group) is 1. The van der Waals surface area contributed by atoms with Crippen LogP contribution >= 0.6 is 0 Å². The standard InChI is InChI=1S/C24H29N3O5/c1-24(2,22(29)30)26-21(28)20(13-27(3)4)25-23(31)32-14-19-17-11-7-5-9-15(17)16-10-6-8-12-18(16)19/h5-12,19-20H,13-14H2,1-4H3,(H,25,31)(H,26,28)(H,29,30)/t20-/m0/s1. The molecular weight excluding hydrogens is 410 g/mol. The number of ether oxygens (including phenoxy) is 1. The highest BCUT2D eigenvalue weighted by Gasteiger charge is 2.33. The third-order valence-electron chi connectivity index (χ3n) is 5.47. The molecule has 1 atom stereocenters. The summed E-state index contributed by atoms with van der Waals surface area (Å²) in [7, 11) is 3.50. The van der Waals surface area contributed by atoms with E-state index in [0.717, 1.165) is 22.3 Å². The quantitative estimate of drug-likeness (QED) is 0.583. The number of carbonyl (C=O) groups is 3. The molecule has 1 aliphatic rings. The highest BCUT2D eigenvalue weighted by Crippen LogP contribution is 2.44. The Morgan fingerprint density at radius 3 is 2.06 bits per heavy atom. The molecule has 0 radical (unpaired) electrons. The molecule has 8 heteroatoms. The summed E-state index contributed by atoms with van der Waals surface area (Å²) < 4.78 is 5.51. The van der Waals surface area contributed by atoms with E-state index in [1.54, 1.807) is 19.0 Å². The van der Waals surface area contributed by atoms with Gasteiger partial charge in [-0.3, -0.25) is 4.79 Å². The maximum atomic E-state index is 12.7. The second-order valence-corrected chi connectivity index (χ2v) is 8.70. The highest BCUT2D eigenvalue weighted by molar-refractivity contribution is 5.91. The van der Waals surface area contributed by atoms with E-state index in [2.05, 4.69) is 22.8 Å². The zero-order valence-corrected chi connectivity index (χ0v) is 18.7. The van der Waals surface area contributed by atoms with E-state index in [9.17, 15) is 19.5 Å². The number of amides is 2. The number of hydrogen-bond acceptors (Lipinski definition) is 5. The zero-order valence-electron chi connectivity index (χ0n) is 18.7. The number of alkyl carbamates (subject to hydrolysis) is 1. The SMILES string of the molecule is CN(C)C[C@H](NC(=O)OCC1c2ccccc2-c2ccccc21)C(=O)NC(C)(C)C(=O)O. The van der Waals surface area contributed by atoms with E-state index >= 15 is 0 Å². The van der Waals surface area contributed by atoms with Crippen molar-refractivity contribution in [1.82, 2.24) is 15.5 Å². The van der Waals surface area contributed by atoms with Gasteiger partial charge in [0, 0.05) is 12.5 Å². The van der Waals surface area contributed by atoms with Crippen molar-refractivity contribution in [2.75, 3.05) is 27.2 Å². The number of carboxylic acids is 1. The van der Waals surface area contributed by atoms with Crippen LogP contribution in [0.4, 0.5) is 4.79 Å². The van der Waals surface area contributed by atoms with Crippen molar-refractivity contribution in [2.45, 2.75) is 31.3 Å². The summed E-state index contributed by atoms with van der Waals surface area (Å²) in [5.74, 6) is -1.87. The summed E-state index contributed by atoms with van der Waals surface area (Å²) in [6.45, 7) is 3.07. The summed E-state index contributed by atoms with van der Waals surface area (Å²) in [5.41, 5.74) is 2.96. The van der Waals surface area contributed by atoms with Gasteiger partial charge in [-0.05, 0) is 50.2 Å². The van der Waals surface area contributed by atoms with E-state index in [-0.39, 0.29) is 19.1 Å². The van der Waals surface area contributed by atoms with Crippen LogP contribution in [0, 0.1) is 0 Å². The van der Waals surface area contributed by atoms with Crippen LogP contribution in [0.1, 0.15) is 30.9 Å². The van der Waals surface area contributed by atoms with Gasteiger partial charge in [0.05, 0.1) is 0 Å². The molecule has 0 saturated carbocycles. The van der Waals surface area contributed by atoms with Crippen LogP contribution in [0.3, 0.4) is 0 Å². The van der Waals surface area contributed by atoms with Crippen LogP contribution in [0.5, 0.6) is 0 Å². The number of aliphatic carboxylic acids is 1. The maximum Gasteiger partial charge on any atom is 0.407 e. The number of carboxylic acid groups (broad SMARTS) is 1. The van der Waals surface area contributed by atoms with Gasteiger partial charge in [-0.25, -0.2) is 9.59 Å². The Balaban J connectivity index is 1.68. The Kier molecular flexibility index (Phi) is 6.84. The van der Waals surface area contributed by atoms with Crippen molar-refractivity contribution in [3.05, 3.63) is 59.7 Å². The molecule has 3 rings (SSSR count). The number of carbonyl (C=O) groups excluding carboxylic acids is 2. The van der Waals surface area contributed by atoms with Crippen LogP contribution in [-0.4, -0.2) is 66.8 Å². The monoisotopic (exact) mass is 439 g/mol. The predicted octanol–water partition coefficient (Wildman–Crippen LogP) is 2.43. The number of nitrogens with one attached hydrogen (secondary N) is 2. The minimum absolute atomic E-state index is 0.0970. The molecule has 8 nitrogen and oxygen atoms in total. The van der Waals surface area contributed by atoms with E-state index in [1.165, 1.54) is 13.8 Å². The van der Waals surface area contributed by atoms with E-state index in [1.807, 2.05) is 36.4 Å². The van der Waals surface area contributed by atoms with Crippen molar-refractivity contribution in [3.63, 3.8) is 0 Å². The first-order valence-electron chi connectivity index (χ1n) is 10.4. The van der Waals surface area contributed by atoms with Crippen molar-refractivity contribution in [1.29, 1.82) is 0 Å². The Hall–Kier alpha value is -3.39. The second-order valence-electron chi connectivity index (χ2n) is 8.70. The Labute approximate surface area is 187 Å². The fraction of sp³-hybridized carbons (Fsp3) is 0.375. The molecule has 0 heterocycles. The lowest BCUT2D eigenvalue weighted by Gasteiger charge is -2.27. The molecule has 0 aliphatic heterocycles. The molecule has 32 heavy (non-hydrogen) atoms. The highest BCUT2D eigenvalue weighted by atomic mass is 16.5. The lowest BCUT2D eigenvalue weighted by Crippen LogP contribution is -2.58. The molecule has 3 N–H and O–H groups in total. The topological polar surface area (TPSA) is 108 Å². The molecule has 170 valence electrons. The Bertz CT molecular complexity index is 973. The number of rotatable bonds is 8. The molecule has 0 fully saturated rings.